The van der Waals surface area contributed by atoms with E-state index < -0.39 is 5.97 Å². The summed E-state index contributed by atoms with van der Waals surface area (Å²) in [5.41, 5.74) is 2.26. The average Bonchev–Trinajstić information content (AvgIpc) is 3.21. The van der Waals surface area contributed by atoms with E-state index in [4.69, 9.17) is 0 Å². The van der Waals surface area contributed by atoms with Gasteiger partial charge in [0.15, 0.2) is 5.13 Å². The summed E-state index contributed by atoms with van der Waals surface area (Å²) in [6.07, 6.45) is 0.148. The maximum atomic E-state index is 12.2. The van der Waals surface area contributed by atoms with Gasteiger partial charge in [-0.05, 0) is 6.92 Å². The highest BCUT2D eigenvalue weighted by Crippen LogP contribution is 2.25. The van der Waals surface area contributed by atoms with Crippen molar-refractivity contribution in [2.24, 2.45) is 0 Å². The van der Waals surface area contributed by atoms with Crippen molar-refractivity contribution in [3.05, 3.63) is 52.0 Å². The number of carbonyl (C=O) groups is 2. The highest BCUT2D eigenvalue weighted by Gasteiger charge is 2.17. The maximum absolute atomic E-state index is 12.2. The Labute approximate surface area is 152 Å². The van der Waals surface area contributed by atoms with Gasteiger partial charge in [0.25, 0.3) is 0 Å². The van der Waals surface area contributed by atoms with Crippen molar-refractivity contribution in [2.45, 2.75) is 13.3 Å². The highest BCUT2D eigenvalue weighted by molar-refractivity contribution is 7.17. The standard InChI is InChI=1S/C17H15N3O3S2/c1-10-14(16(22)23-2)25-17(18-10)20-13(21)8-12-9-24-15(19-12)11-6-4-3-5-7-11/h3-7,9H,8H2,1-2H3,(H,18,20,21). The normalized spacial score (nSPS) is 10.5. The van der Waals surface area contributed by atoms with Crippen LogP contribution in [0.1, 0.15) is 21.1 Å². The van der Waals surface area contributed by atoms with E-state index in [1.807, 2.05) is 35.7 Å². The largest absolute Gasteiger partial charge is 0.465 e. The van der Waals surface area contributed by atoms with Crippen LogP contribution in [0.15, 0.2) is 35.7 Å². The number of esters is 1. The van der Waals surface area contributed by atoms with Crippen LogP contribution >= 0.6 is 22.7 Å². The molecule has 1 N–H and O–H groups in total. The topological polar surface area (TPSA) is 81.2 Å². The monoisotopic (exact) mass is 373 g/mol. The predicted molar refractivity (Wildman–Crippen MR) is 98.1 cm³/mol. The van der Waals surface area contributed by atoms with E-state index in [9.17, 15) is 9.59 Å². The molecule has 6 nitrogen and oxygen atoms in total. The van der Waals surface area contributed by atoms with E-state index in [1.165, 1.54) is 18.4 Å². The molecule has 0 aliphatic carbocycles. The molecule has 0 aliphatic rings. The molecule has 2 aromatic heterocycles. The highest BCUT2D eigenvalue weighted by atomic mass is 32.1. The van der Waals surface area contributed by atoms with Crippen LogP contribution in [0.2, 0.25) is 0 Å². The second-order valence-electron chi connectivity index (χ2n) is 5.16. The van der Waals surface area contributed by atoms with Gasteiger partial charge in [0.2, 0.25) is 5.91 Å². The van der Waals surface area contributed by atoms with Gasteiger partial charge in [-0.3, -0.25) is 4.79 Å². The number of thiazole rings is 2. The summed E-state index contributed by atoms with van der Waals surface area (Å²) < 4.78 is 4.69. The van der Waals surface area contributed by atoms with Crippen LogP contribution < -0.4 is 5.32 Å². The molecule has 1 aromatic carbocycles. The molecule has 0 saturated heterocycles. The first-order valence-electron chi connectivity index (χ1n) is 7.42. The van der Waals surface area contributed by atoms with Crippen LogP contribution in [0.3, 0.4) is 0 Å². The van der Waals surface area contributed by atoms with Gasteiger partial charge in [0.1, 0.15) is 9.88 Å². The summed E-state index contributed by atoms with van der Waals surface area (Å²) in [5, 5.41) is 5.83. The molecule has 0 atom stereocenters. The number of hydrogen-bond acceptors (Lipinski definition) is 7. The molecule has 0 spiro atoms. The molecule has 25 heavy (non-hydrogen) atoms. The predicted octanol–water partition coefficient (Wildman–Crippen LogP) is 3.54. The van der Waals surface area contributed by atoms with E-state index >= 15 is 0 Å². The molecular formula is C17H15N3O3S2. The summed E-state index contributed by atoms with van der Waals surface area (Å²) in [6.45, 7) is 1.70. The summed E-state index contributed by atoms with van der Waals surface area (Å²) in [6, 6.07) is 9.81. The maximum Gasteiger partial charge on any atom is 0.350 e. The number of rotatable bonds is 5. The smallest absolute Gasteiger partial charge is 0.350 e. The van der Waals surface area contributed by atoms with Crippen LogP contribution in [0.4, 0.5) is 5.13 Å². The molecule has 2 heterocycles. The third-order valence-corrected chi connectivity index (χ3v) is 5.32. The Bertz CT molecular complexity index is 903. The lowest BCUT2D eigenvalue weighted by Gasteiger charge is -1.99. The van der Waals surface area contributed by atoms with E-state index in [0.29, 0.717) is 21.4 Å². The van der Waals surface area contributed by atoms with Crippen molar-refractivity contribution < 1.29 is 14.3 Å². The summed E-state index contributed by atoms with van der Waals surface area (Å²) >= 11 is 2.60. The minimum absolute atomic E-state index is 0.148. The third kappa shape index (κ3) is 4.09. The lowest BCUT2D eigenvalue weighted by molar-refractivity contribution is -0.115. The molecule has 128 valence electrons. The zero-order valence-electron chi connectivity index (χ0n) is 13.6. The Kier molecular flexibility index (Phi) is 5.20. The van der Waals surface area contributed by atoms with Crippen LogP contribution in [-0.2, 0) is 16.0 Å². The van der Waals surface area contributed by atoms with Gasteiger partial charge in [-0.2, -0.15) is 0 Å². The molecule has 0 radical (unpaired) electrons. The van der Waals surface area contributed by atoms with Gasteiger partial charge >= 0.3 is 5.97 Å². The van der Waals surface area contributed by atoms with Crippen LogP contribution in [-0.4, -0.2) is 29.0 Å². The quantitative estimate of drug-likeness (QED) is 0.692. The number of hydrogen-bond donors (Lipinski definition) is 1. The Hall–Kier alpha value is -2.58. The summed E-state index contributed by atoms with van der Waals surface area (Å²) in [7, 11) is 1.31. The third-order valence-electron chi connectivity index (χ3n) is 3.33. The second-order valence-corrected chi connectivity index (χ2v) is 7.02. The van der Waals surface area contributed by atoms with Crippen molar-refractivity contribution in [1.29, 1.82) is 0 Å². The molecular weight excluding hydrogens is 358 g/mol. The molecule has 0 fully saturated rings. The van der Waals surface area contributed by atoms with E-state index in [0.717, 1.165) is 21.9 Å². The van der Waals surface area contributed by atoms with Gasteiger partial charge in [0.05, 0.1) is 24.9 Å². The fourth-order valence-corrected chi connectivity index (χ4v) is 3.89. The number of nitrogens with zero attached hydrogens (tertiary/aromatic N) is 2. The SMILES string of the molecule is COC(=O)c1sc(NC(=O)Cc2csc(-c3ccccc3)n2)nc1C. The fourth-order valence-electron chi connectivity index (χ4n) is 2.16. The van der Waals surface area contributed by atoms with Gasteiger partial charge in [-0.25, -0.2) is 14.8 Å². The lowest BCUT2D eigenvalue weighted by Crippen LogP contribution is -2.14. The van der Waals surface area contributed by atoms with Crippen LogP contribution in [0.5, 0.6) is 0 Å². The number of ether oxygens (including phenoxy) is 1. The molecule has 0 bridgehead atoms. The van der Waals surface area contributed by atoms with Crippen LogP contribution in [0.25, 0.3) is 10.6 Å². The number of methoxy groups -OCH3 is 1. The van der Waals surface area contributed by atoms with Gasteiger partial charge in [0, 0.05) is 10.9 Å². The first-order valence-corrected chi connectivity index (χ1v) is 9.12. The van der Waals surface area contributed by atoms with Crippen molar-refractivity contribution in [3.63, 3.8) is 0 Å². The average molecular weight is 373 g/mol. The van der Waals surface area contributed by atoms with Crippen molar-refractivity contribution in [2.75, 3.05) is 12.4 Å². The molecule has 1 amide bonds. The van der Waals surface area contributed by atoms with Crippen molar-refractivity contribution in [3.8, 4) is 10.6 Å². The Morgan fingerprint density at radius 2 is 1.96 bits per heavy atom. The molecule has 3 rings (SSSR count). The summed E-state index contributed by atoms with van der Waals surface area (Å²) in [4.78, 5) is 32.8. The van der Waals surface area contributed by atoms with Gasteiger partial charge in [-0.1, -0.05) is 41.7 Å². The summed E-state index contributed by atoms with van der Waals surface area (Å²) in [5.74, 6) is -0.683. The fraction of sp³-hybridized carbons (Fsp3) is 0.176. The molecule has 0 unspecified atom stereocenters. The van der Waals surface area contributed by atoms with E-state index in [-0.39, 0.29) is 12.3 Å². The number of amides is 1. The Morgan fingerprint density at radius 1 is 1.20 bits per heavy atom. The second kappa shape index (κ2) is 7.54. The first-order chi connectivity index (χ1) is 12.1. The zero-order valence-corrected chi connectivity index (χ0v) is 15.2. The molecule has 0 aliphatic heterocycles. The van der Waals surface area contributed by atoms with E-state index in [1.54, 1.807) is 6.92 Å². The Balaban J connectivity index is 1.65. The number of nitrogens with one attached hydrogen (secondary N) is 1. The minimum atomic E-state index is -0.456. The molecule has 8 heteroatoms. The lowest BCUT2D eigenvalue weighted by atomic mass is 10.2. The van der Waals surface area contributed by atoms with Crippen LogP contribution in [0, 0.1) is 6.92 Å². The first kappa shape index (κ1) is 17.2. The molecule has 0 saturated carbocycles. The molecule has 3 aromatic rings. The number of aromatic nitrogens is 2. The van der Waals surface area contributed by atoms with Crippen molar-refractivity contribution in [1.82, 2.24) is 9.97 Å². The zero-order chi connectivity index (χ0) is 17.8. The number of carbonyl (C=O) groups excluding carboxylic acids is 2. The minimum Gasteiger partial charge on any atom is -0.465 e. The Morgan fingerprint density at radius 3 is 2.68 bits per heavy atom. The number of aryl methyl sites for hydroxylation is 1. The van der Waals surface area contributed by atoms with Crippen molar-refractivity contribution >= 4 is 39.7 Å². The number of benzene rings is 1. The van der Waals surface area contributed by atoms with Gasteiger partial charge in [-0.15, -0.1) is 11.3 Å². The number of anilines is 1. The van der Waals surface area contributed by atoms with Gasteiger partial charge < -0.3 is 10.1 Å². The van der Waals surface area contributed by atoms with E-state index in [2.05, 4.69) is 20.0 Å².